The predicted molar refractivity (Wildman–Crippen MR) is 76.2 cm³/mol. The first-order chi connectivity index (χ1) is 9.16. The lowest BCUT2D eigenvalue weighted by Crippen LogP contribution is -2.13. The molecular weight excluding hydrogens is 260 g/mol. The fourth-order valence-corrected chi connectivity index (χ4v) is 2.38. The summed E-state index contributed by atoms with van der Waals surface area (Å²) in [7, 11) is 0. The van der Waals surface area contributed by atoms with Crippen molar-refractivity contribution in [2.24, 2.45) is 5.73 Å². The third-order valence-electron chi connectivity index (χ3n) is 3.22. The Balaban J connectivity index is 2.13. The molecule has 2 N–H and O–H groups in total. The topological polar surface area (TPSA) is 52.0 Å². The molecule has 0 fully saturated rings. The van der Waals surface area contributed by atoms with E-state index in [-0.39, 0.29) is 6.04 Å². The van der Waals surface area contributed by atoms with Gasteiger partial charge in [0.05, 0.1) is 5.69 Å². The molecule has 0 radical (unpaired) electrons. The normalized spacial score (nSPS) is 12.8. The Labute approximate surface area is 116 Å². The first kappa shape index (κ1) is 12.2. The molecule has 0 spiro atoms. The van der Waals surface area contributed by atoms with Gasteiger partial charge < -0.3 is 10.2 Å². The molecule has 0 saturated heterocycles. The van der Waals surface area contributed by atoms with E-state index in [4.69, 9.17) is 21.8 Å². The van der Waals surface area contributed by atoms with Crippen LogP contribution in [0.4, 0.5) is 0 Å². The van der Waals surface area contributed by atoms with Crippen molar-refractivity contribution in [2.45, 2.75) is 13.0 Å². The molecule has 0 aliphatic heterocycles. The standard InChI is InChI=1S/C15H13ClN2O/c1-9-11-8-10(16)5-6-13(11)19-15(9)14(17)12-4-2-3-7-18-12/h2-8,14H,17H2,1H3. The van der Waals surface area contributed by atoms with Crippen LogP contribution < -0.4 is 5.73 Å². The number of aromatic nitrogens is 1. The van der Waals surface area contributed by atoms with Crippen molar-refractivity contribution >= 4 is 22.6 Å². The van der Waals surface area contributed by atoms with Crippen molar-refractivity contribution < 1.29 is 4.42 Å². The van der Waals surface area contributed by atoms with Crippen LogP contribution in [0.5, 0.6) is 0 Å². The zero-order chi connectivity index (χ0) is 13.4. The molecule has 0 saturated carbocycles. The van der Waals surface area contributed by atoms with Gasteiger partial charge in [-0.1, -0.05) is 17.7 Å². The third-order valence-corrected chi connectivity index (χ3v) is 3.46. The van der Waals surface area contributed by atoms with E-state index in [9.17, 15) is 0 Å². The molecule has 2 heterocycles. The lowest BCUT2D eigenvalue weighted by molar-refractivity contribution is 0.517. The highest BCUT2D eigenvalue weighted by molar-refractivity contribution is 6.31. The van der Waals surface area contributed by atoms with Crippen LogP contribution in [0.25, 0.3) is 11.0 Å². The summed E-state index contributed by atoms with van der Waals surface area (Å²) in [6, 6.07) is 10.9. The fourth-order valence-electron chi connectivity index (χ4n) is 2.20. The molecule has 4 heteroatoms. The van der Waals surface area contributed by atoms with E-state index in [1.807, 2.05) is 43.3 Å². The molecule has 3 aromatic rings. The highest BCUT2D eigenvalue weighted by Gasteiger charge is 2.19. The number of benzene rings is 1. The third kappa shape index (κ3) is 2.11. The van der Waals surface area contributed by atoms with E-state index in [1.165, 1.54) is 0 Å². The Morgan fingerprint density at radius 3 is 2.84 bits per heavy atom. The Bertz CT molecular complexity index is 722. The van der Waals surface area contributed by atoms with Crippen LogP contribution in [0.15, 0.2) is 47.0 Å². The van der Waals surface area contributed by atoms with Crippen LogP contribution in [0.2, 0.25) is 5.02 Å². The summed E-state index contributed by atoms with van der Waals surface area (Å²) in [6.45, 7) is 1.99. The molecule has 3 rings (SSSR count). The number of hydrogen-bond acceptors (Lipinski definition) is 3. The molecule has 0 amide bonds. The van der Waals surface area contributed by atoms with E-state index < -0.39 is 0 Å². The van der Waals surface area contributed by atoms with E-state index in [2.05, 4.69) is 4.98 Å². The zero-order valence-electron chi connectivity index (χ0n) is 10.4. The van der Waals surface area contributed by atoms with Gasteiger partial charge >= 0.3 is 0 Å². The lowest BCUT2D eigenvalue weighted by atomic mass is 10.1. The number of hydrogen-bond donors (Lipinski definition) is 1. The molecule has 1 aromatic carbocycles. The number of pyridine rings is 1. The Morgan fingerprint density at radius 1 is 1.26 bits per heavy atom. The minimum atomic E-state index is -0.368. The minimum absolute atomic E-state index is 0.368. The Hall–Kier alpha value is -1.84. The van der Waals surface area contributed by atoms with Crippen LogP contribution in [-0.2, 0) is 0 Å². The van der Waals surface area contributed by atoms with Gasteiger partial charge in [0.15, 0.2) is 0 Å². The van der Waals surface area contributed by atoms with Crippen molar-refractivity contribution in [2.75, 3.05) is 0 Å². The van der Waals surface area contributed by atoms with Gasteiger partial charge in [0.1, 0.15) is 17.4 Å². The first-order valence-corrected chi connectivity index (χ1v) is 6.39. The van der Waals surface area contributed by atoms with E-state index in [0.717, 1.165) is 28.0 Å². The number of furan rings is 1. The molecule has 1 unspecified atom stereocenters. The quantitative estimate of drug-likeness (QED) is 0.771. The summed E-state index contributed by atoms with van der Waals surface area (Å²) in [5.41, 5.74) is 8.82. The van der Waals surface area contributed by atoms with E-state index in [1.54, 1.807) is 6.20 Å². The highest BCUT2D eigenvalue weighted by Crippen LogP contribution is 2.32. The fraction of sp³-hybridized carbons (Fsp3) is 0.133. The molecule has 2 aromatic heterocycles. The van der Waals surface area contributed by atoms with Crippen molar-refractivity contribution in [3.05, 3.63) is 64.6 Å². The van der Waals surface area contributed by atoms with Gasteiger partial charge in [-0.15, -0.1) is 0 Å². The summed E-state index contributed by atoms with van der Waals surface area (Å²) in [5, 5.41) is 1.68. The average Bonchev–Trinajstić information content (AvgIpc) is 2.76. The van der Waals surface area contributed by atoms with Crippen molar-refractivity contribution in [3.63, 3.8) is 0 Å². The molecule has 96 valence electrons. The molecule has 3 nitrogen and oxygen atoms in total. The smallest absolute Gasteiger partial charge is 0.134 e. The van der Waals surface area contributed by atoms with Gasteiger partial charge in [-0.3, -0.25) is 4.98 Å². The van der Waals surface area contributed by atoms with Crippen LogP contribution in [-0.4, -0.2) is 4.98 Å². The molecule has 19 heavy (non-hydrogen) atoms. The van der Waals surface area contributed by atoms with Gasteiger partial charge in [0.25, 0.3) is 0 Å². The van der Waals surface area contributed by atoms with Crippen molar-refractivity contribution in [1.29, 1.82) is 0 Å². The van der Waals surface area contributed by atoms with Crippen molar-refractivity contribution in [3.8, 4) is 0 Å². The lowest BCUT2D eigenvalue weighted by Gasteiger charge is -2.08. The van der Waals surface area contributed by atoms with Crippen LogP contribution in [0.1, 0.15) is 23.1 Å². The average molecular weight is 273 g/mol. The molecule has 0 aliphatic rings. The maximum absolute atomic E-state index is 6.23. The monoisotopic (exact) mass is 272 g/mol. The van der Waals surface area contributed by atoms with Gasteiger partial charge in [-0.25, -0.2) is 0 Å². The number of nitrogens with zero attached hydrogens (tertiary/aromatic N) is 1. The van der Waals surface area contributed by atoms with Gasteiger partial charge in [-0.05, 0) is 37.3 Å². The summed E-state index contributed by atoms with van der Waals surface area (Å²) >= 11 is 6.01. The van der Waals surface area contributed by atoms with Gasteiger partial charge in [-0.2, -0.15) is 0 Å². The second kappa shape index (κ2) is 4.68. The molecule has 1 atom stereocenters. The van der Waals surface area contributed by atoms with E-state index in [0.29, 0.717) is 5.02 Å². The minimum Gasteiger partial charge on any atom is -0.459 e. The zero-order valence-corrected chi connectivity index (χ0v) is 11.2. The number of nitrogens with two attached hydrogens (primary N) is 1. The van der Waals surface area contributed by atoms with Crippen LogP contribution in [0.3, 0.4) is 0 Å². The Morgan fingerprint density at radius 2 is 2.11 bits per heavy atom. The van der Waals surface area contributed by atoms with E-state index >= 15 is 0 Å². The summed E-state index contributed by atoms with van der Waals surface area (Å²) in [4.78, 5) is 4.27. The maximum atomic E-state index is 6.23. The maximum Gasteiger partial charge on any atom is 0.134 e. The predicted octanol–water partition coefficient (Wildman–Crippen LogP) is 3.84. The number of aryl methyl sites for hydroxylation is 1. The second-order valence-electron chi connectivity index (χ2n) is 4.46. The number of rotatable bonds is 2. The summed E-state index contributed by atoms with van der Waals surface area (Å²) in [5.74, 6) is 0.732. The summed E-state index contributed by atoms with van der Waals surface area (Å²) < 4.78 is 5.85. The number of fused-ring (bicyclic) bond motifs is 1. The largest absolute Gasteiger partial charge is 0.459 e. The van der Waals surface area contributed by atoms with Crippen LogP contribution in [0, 0.1) is 6.92 Å². The van der Waals surface area contributed by atoms with Crippen LogP contribution >= 0.6 is 11.6 Å². The number of halogens is 1. The Kier molecular flexibility index (Phi) is 3.01. The molecule has 0 bridgehead atoms. The van der Waals surface area contributed by atoms with Crippen molar-refractivity contribution in [1.82, 2.24) is 4.98 Å². The summed E-state index contributed by atoms with van der Waals surface area (Å²) in [6.07, 6.45) is 1.73. The highest BCUT2D eigenvalue weighted by atomic mass is 35.5. The second-order valence-corrected chi connectivity index (χ2v) is 4.90. The SMILES string of the molecule is Cc1c(C(N)c2ccccn2)oc2ccc(Cl)cc12. The van der Waals surface area contributed by atoms with Gasteiger partial charge in [0.2, 0.25) is 0 Å². The molecule has 0 aliphatic carbocycles. The van der Waals surface area contributed by atoms with Gasteiger partial charge in [0, 0.05) is 22.2 Å². The first-order valence-electron chi connectivity index (χ1n) is 6.02. The molecular formula is C15H13ClN2O.